The minimum Gasteiger partial charge on any atom is -0.510 e. The van der Waals surface area contributed by atoms with Crippen LogP contribution in [0.15, 0.2) is 54.3 Å². The number of hydrogen-bond donors (Lipinski definition) is 2. The molecule has 0 spiro atoms. The highest BCUT2D eigenvalue weighted by Crippen LogP contribution is 2.33. The van der Waals surface area contributed by atoms with Gasteiger partial charge < -0.3 is 10.0 Å². The van der Waals surface area contributed by atoms with Gasteiger partial charge in [-0.15, -0.1) is 0 Å². The van der Waals surface area contributed by atoms with Crippen molar-refractivity contribution in [3.05, 3.63) is 75.8 Å². The number of benzene rings is 2. The van der Waals surface area contributed by atoms with Gasteiger partial charge in [-0.05, 0) is 11.6 Å². The fraction of sp³-hybridized carbons (Fsp3) is 0.0625. The fourth-order valence-electron chi connectivity index (χ4n) is 2.51. The monoisotopic (exact) mass is 313 g/mol. The third-order valence-corrected chi connectivity index (χ3v) is 3.60. The minimum absolute atomic E-state index is 0.0768. The lowest BCUT2D eigenvalue weighted by molar-refractivity contribution is -0.384. The molecule has 0 fully saturated rings. The predicted molar refractivity (Wildman–Crippen MR) is 84.1 cm³/mol. The van der Waals surface area contributed by atoms with Gasteiger partial charge in [0.2, 0.25) is 0 Å². The summed E-state index contributed by atoms with van der Waals surface area (Å²) in [5, 5.41) is 29.2. The highest BCUT2D eigenvalue weighted by atomic mass is 19.1. The van der Waals surface area contributed by atoms with E-state index in [1.54, 1.807) is 30.3 Å². The Morgan fingerprint density at radius 2 is 1.91 bits per heavy atom. The average Bonchev–Trinajstić information content (AvgIpc) is 2.83. The second-order valence-electron chi connectivity index (χ2n) is 5.02. The van der Waals surface area contributed by atoms with Gasteiger partial charge in [0.05, 0.1) is 22.7 Å². The average molecular weight is 313 g/mol. The quantitative estimate of drug-likeness (QED) is 0.670. The Balaban J connectivity index is 2.01. The summed E-state index contributed by atoms with van der Waals surface area (Å²) in [6.07, 6.45) is 0. The molecule has 116 valence electrons. The largest absolute Gasteiger partial charge is 0.510 e. The summed E-state index contributed by atoms with van der Waals surface area (Å²) < 4.78 is 14.1. The molecule has 0 saturated carbocycles. The van der Waals surface area contributed by atoms with Crippen molar-refractivity contribution in [2.45, 2.75) is 0 Å². The number of aliphatic hydroxyl groups excluding tert-OH is 1. The van der Waals surface area contributed by atoms with Gasteiger partial charge in [0.1, 0.15) is 17.4 Å². The molecule has 1 aliphatic heterocycles. The number of nitrogens with one attached hydrogen (secondary N) is 1. The van der Waals surface area contributed by atoms with Crippen molar-refractivity contribution in [1.29, 1.82) is 5.41 Å². The van der Waals surface area contributed by atoms with Crippen molar-refractivity contribution in [3.63, 3.8) is 0 Å². The van der Waals surface area contributed by atoms with Crippen molar-refractivity contribution in [2.24, 2.45) is 0 Å². The standard InChI is InChI=1S/C16H12FN3O3/c17-12-7-6-11(20(22)23)8-13(12)19-9-14(21)15(16(19)18)10-4-2-1-3-5-10/h1-8,18,21H,9H2. The number of rotatable bonds is 3. The SMILES string of the molecule is N=C1C(c2ccccc2)=C(O)CN1c1cc([N+](=O)[O-])ccc1F. The van der Waals surface area contributed by atoms with Gasteiger partial charge in [-0.2, -0.15) is 0 Å². The van der Waals surface area contributed by atoms with Crippen LogP contribution in [0.3, 0.4) is 0 Å². The van der Waals surface area contributed by atoms with Crippen LogP contribution in [0.1, 0.15) is 5.56 Å². The van der Waals surface area contributed by atoms with Gasteiger partial charge in [-0.25, -0.2) is 4.39 Å². The first kappa shape index (κ1) is 14.7. The summed E-state index contributed by atoms with van der Waals surface area (Å²) in [6, 6.07) is 11.9. The van der Waals surface area contributed by atoms with Gasteiger partial charge in [-0.1, -0.05) is 30.3 Å². The molecule has 23 heavy (non-hydrogen) atoms. The summed E-state index contributed by atoms with van der Waals surface area (Å²) in [5.74, 6) is -0.873. The molecule has 2 aromatic rings. The Labute approximate surface area is 130 Å². The Morgan fingerprint density at radius 3 is 2.57 bits per heavy atom. The molecule has 2 N–H and O–H groups in total. The minimum atomic E-state index is -0.692. The zero-order valence-corrected chi connectivity index (χ0v) is 11.9. The number of aliphatic hydroxyl groups is 1. The Kier molecular flexibility index (Phi) is 3.53. The molecule has 0 unspecified atom stereocenters. The lowest BCUT2D eigenvalue weighted by Crippen LogP contribution is -2.27. The first-order chi connectivity index (χ1) is 11.0. The Hall–Kier alpha value is -3.22. The number of nitro groups is 1. The molecule has 3 rings (SSSR count). The third kappa shape index (κ3) is 2.52. The highest BCUT2D eigenvalue weighted by molar-refractivity contribution is 6.30. The van der Waals surface area contributed by atoms with Gasteiger partial charge in [0, 0.05) is 12.1 Å². The van der Waals surface area contributed by atoms with Gasteiger partial charge in [0.25, 0.3) is 5.69 Å². The molecule has 0 bridgehead atoms. The van der Waals surface area contributed by atoms with Crippen LogP contribution in [-0.4, -0.2) is 22.4 Å². The summed E-state index contributed by atoms with van der Waals surface area (Å²) in [5.41, 5.74) is 0.531. The maximum atomic E-state index is 14.1. The van der Waals surface area contributed by atoms with E-state index in [0.717, 1.165) is 18.2 Å². The summed E-state index contributed by atoms with van der Waals surface area (Å²) in [4.78, 5) is 11.4. The maximum Gasteiger partial charge on any atom is 0.271 e. The number of amidine groups is 1. The van der Waals surface area contributed by atoms with E-state index in [2.05, 4.69) is 0 Å². The molecule has 0 saturated heterocycles. The molecule has 2 aromatic carbocycles. The van der Waals surface area contributed by atoms with Crippen molar-refractivity contribution in [3.8, 4) is 0 Å². The molecule has 1 heterocycles. The van der Waals surface area contributed by atoms with Crippen molar-refractivity contribution < 1.29 is 14.4 Å². The maximum absolute atomic E-state index is 14.1. The first-order valence-electron chi connectivity index (χ1n) is 6.77. The molecule has 6 nitrogen and oxygen atoms in total. The van der Waals surface area contributed by atoms with E-state index in [9.17, 15) is 19.6 Å². The smallest absolute Gasteiger partial charge is 0.271 e. The number of nitro benzene ring substituents is 1. The highest BCUT2D eigenvalue weighted by Gasteiger charge is 2.31. The van der Waals surface area contributed by atoms with Crippen LogP contribution in [0.4, 0.5) is 15.8 Å². The second-order valence-corrected chi connectivity index (χ2v) is 5.02. The van der Waals surface area contributed by atoms with E-state index in [1.165, 1.54) is 4.90 Å². The van der Waals surface area contributed by atoms with Crippen LogP contribution < -0.4 is 4.90 Å². The summed E-state index contributed by atoms with van der Waals surface area (Å²) >= 11 is 0. The lowest BCUT2D eigenvalue weighted by Gasteiger charge is -2.19. The molecule has 7 heteroatoms. The lowest BCUT2D eigenvalue weighted by atomic mass is 10.1. The number of anilines is 1. The van der Waals surface area contributed by atoms with Crippen LogP contribution in [0.2, 0.25) is 0 Å². The van der Waals surface area contributed by atoms with Gasteiger partial charge >= 0.3 is 0 Å². The van der Waals surface area contributed by atoms with E-state index < -0.39 is 10.7 Å². The zero-order valence-electron chi connectivity index (χ0n) is 11.9. The molecule has 0 atom stereocenters. The topological polar surface area (TPSA) is 90.5 Å². The van der Waals surface area contributed by atoms with Crippen LogP contribution >= 0.6 is 0 Å². The number of halogens is 1. The molecular weight excluding hydrogens is 301 g/mol. The van der Waals surface area contributed by atoms with Crippen molar-refractivity contribution >= 4 is 22.8 Å². The van der Waals surface area contributed by atoms with Crippen LogP contribution in [0, 0.1) is 21.3 Å². The molecular formula is C16H12FN3O3. The Bertz CT molecular complexity index is 834. The van der Waals surface area contributed by atoms with Crippen molar-refractivity contribution in [1.82, 2.24) is 0 Å². The molecule has 1 aliphatic rings. The van der Waals surface area contributed by atoms with E-state index in [-0.39, 0.29) is 35.1 Å². The van der Waals surface area contributed by atoms with Crippen LogP contribution in [0.25, 0.3) is 5.57 Å². The van der Waals surface area contributed by atoms with Crippen LogP contribution in [0.5, 0.6) is 0 Å². The van der Waals surface area contributed by atoms with Gasteiger partial charge in [-0.3, -0.25) is 15.5 Å². The van der Waals surface area contributed by atoms with E-state index in [0.29, 0.717) is 5.56 Å². The Morgan fingerprint density at radius 1 is 1.22 bits per heavy atom. The third-order valence-electron chi connectivity index (χ3n) is 3.60. The van der Waals surface area contributed by atoms with Crippen molar-refractivity contribution in [2.75, 3.05) is 11.4 Å². The predicted octanol–water partition coefficient (Wildman–Crippen LogP) is 3.50. The fourth-order valence-corrected chi connectivity index (χ4v) is 2.51. The molecule has 0 amide bonds. The number of hydrogen-bond acceptors (Lipinski definition) is 4. The zero-order chi connectivity index (χ0) is 16.6. The van der Waals surface area contributed by atoms with E-state index in [1.807, 2.05) is 0 Å². The van der Waals surface area contributed by atoms with E-state index in [4.69, 9.17) is 5.41 Å². The normalized spacial score (nSPS) is 14.5. The van der Waals surface area contributed by atoms with Gasteiger partial charge in [0.15, 0.2) is 0 Å². The van der Waals surface area contributed by atoms with E-state index >= 15 is 0 Å². The summed E-state index contributed by atoms with van der Waals surface area (Å²) in [7, 11) is 0. The van der Waals surface area contributed by atoms with Crippen LogP contribution in [-0.2, 0) is 0 Å². The summed E-state index contributed by atoms with van der Waals surface area (Å²) in [6.45, 7) is -0.110. The second kappa shape index (κ2) is 5.53. The first-order valence-corrected chi connectivity index (χ1v) is 6.77. The number of non-ortho nitro benzene ring substituents is 1. The molecule has 0 aliphatic carbocycles. The molecule has 0 radical (unpaired) electrons. The number of nitrogens with zero attached hydrogens (tertiary/aromatic N) is 2. The molecule has 0 aromatic heterocycles.